The van der Waals surface area contributed by atoms with Gasteiger partial charge in [-0.05, 0) is 57.0 Å². The maximum Gasteiger partial charge on any atom is 0.251 e. The molecule has 1 aromatic rings. The summed E-state index contributed by atoms with van der Waals surface area (Å²) >= 11 is 5.79. The predicted molar refractivity (Wildman–Crippen MR) is 101 cm³/mol. The van der Waals surface area contributed by atoms with Crippen LogP contribution in [0.1, 0.15) is 49.4 Å². The van der Waals surface area contributed by atoms with Crippen molar-refractivity contribution in [2.75, 3.05) is 26.2 Å². The second-order valence-corrected chi connectivity index (χ2v) is 7.03. The van der Waals surface area contributed by atoms with Gasteiger partial charge < -0.3 is 15.5 Å². The number of nitrogens with one attached hydrogen (secondary N) is 2. The molecule has 6 heteroatoms. The Bertz CT molecular complexity index is 562. The van der Waals surface area contributed by atoms with Crippen molar-refractivity contribution in [2.24, 2.45) is 0 Å². The Morgan fingerprint density at radius 1 is 1.16 bits per heavy atom. The van der Waals surface area contributed by atoms with Crippen LogP contribution in [0.25, 0.3) is 0 Å². The fraction of sp³-hybridized carbons (Fsp3) is 0.579. The topological polar surface area (TPSA) is 61.4 Å². The molecule has 2 rings (SSSR count). The fourth-order valence-electron chi connectivity index (χ4n) is 3.08. The number of nitrogens with zero attached hydrogens (tertiary/aromatic N) is 1. The van der Waals surface area contributed by atoms with Crippen molar-refractivity contribution in [3.8, 4) is 0 Å². The molecule has 1 atom stereocenters. The zero-order valence-corrected chi connectivity index (χ0v) is 15.6. The molecule has 2 amide bonds. The first-order valence-corrected chi connectivity index (χ1v) is 9.48. The van der Waals surface area contributed by atoms with Gasteiger partial charge in [0.1, 0.15) is 0 Å². The lowest BCUT2D eigenvalue weighted by Gasteiger charge is -2.33. The van der Waals surface area contributed by atoms with E-state index >= 15 is 0 Å². The maximum atomic E-state index is 11.9. The van der Waals surface area contributed by atoms with Gasteiger partial charge in [-0.2, -0.15) is 0 Å². The minimum atomic E-state index is -0.191. The molecule has 0 aromatic heterocycles. The summed E-state index contributed by atoms with van der Waals surface area (Å²) in [7, 11) is 0. The van der Waals surface area contributed by atoms with E-state index < -0.39 is 0 Å². The van der Waals surface area contributed by atoms with E-state index in [1.807, 2.05) is 0 Å². The summed E-state index contributed by atoms with van der Waals surface area (Å²) in [5.74, 6) is -0.216. The largest absolute Gasteiger partial charge is 0.356 e. The van der Waals surface area contributed by atoms with Crippen molar-refractivity contribution in [3.63, 3.8) is 0 Å². The number of amides is 2. The highest BCUT2D eigenvalue weighted by molar-refractivity contribution is 6.30. The molecule has 1 fully saturated rings. The van der Waals surface area contributed by atoms with Gasteiger partial charge in [-0.1, -0.05) is 18.0 Å². The first-order chi connectivity index (χ1) is 12.1. The van der Waals surface area contributed by atoms with Gasteiger partial charge in [0, 0.05) is 42.7 Å². The lowest BCUT2D eigenvalue weighted by Crippen LogP contribution is -2.39. The Balaban J connectivity index is 1.55. The van der Waals surface area contributed by atoms with Crippen molar-refractivity contribution in [1.82, 2.24) is 15.5 Å². The normalized spacial score (nSPS) is 17.9. The van der Waals surface area contributed by atoms with E-state index in [1.54, 1.807) is 24.3 Å². The number of hydrogen-bond donors (Lipinski definition) is 2. The second kappa shape index (κ2) is 10.4. The molecule has 2 N–H and O–H groups in total. The number of carbonyl (C=O) groups excluding carboxylic acids is 2. The summed E-state index contributed by atoms with van der Waals surface area (Å²) in [6, 6.07) is 7.34. The molecule has 138 valence electrons. The Morgan fingerprint density at radius 3 is 2.64 bits per heavy atom. The van der Waals surface area contributed by atoms with Gasteiger partial charge >= 0.3 is 0 Å². The minimum Gasteiger partial charge on any atom is -0.356 e. The highest BCUT2D eigenvalue weighted by Crippen LogP contribution is 2.16. The Morgan fingerprint density at radius 2 is 1.92 bits per heavy atom. The SMILES string of the molecule is C[C@H]1CCCCN1CCCNC(=O)CCNC(=O)c1ccc(Cl)cc1. The summed E-state index contributed by atoms with van der Waals surface area (Å²) in [6.07, 6.45) is 5.15. The second-order valence-electron chi connectivity index (χ2n) is 6.60. The Kier molecular flexibility index (Phi) is 8.22. The molecular weight excluding hydrogens is 338 g/mol. The smallest absolute Gasteiger partial charge is 0.251 e. The first-order valence-electron chi connectivity index (χ1n) is 9.11. The van der Waals surface area contributed by atoms with E-state index in [0.717, 1.165) is 13.0 Å². The van der Waals surface area contributed by atoms with Crippen LogP contribution < -0.4 is 10.6 Å². The molecule has 1 heterocycles. The molecule has 1 aromatic carbocycles. The third-order valence-electron chi connectivity index (χ3n) is 4.63. The zero-order valence-electron chi connectivity index (χ0n) is 14.9. The lowest BCUT2D eigenvalue weighted by atomic mass is 10.0. The van der Waals surface area contributed by atoms with Crippen LogP contribution in [0.3, 0.4) is 0 Å². The van der Waals surface area contributed by atoms with Crippen LogP contribution in [0.2, 0.25) is 5.02 Å². The highest BCUT2D eigenvalue weighted by Gasteiger charge is 2.17. The van der Waals surface area contributed by atoms with E-state index in [1.165, 1.54) is 25.8 Å². The monoisotopic (exact) mass is 365 g/mol. The van der Waals surface area contributed by atoms with Crippen molar-refractivity contribution in [3.05, 3.63) is 34.9 Å². The standard InChI is InChI=1S/C19H28ClN3O2/c1-15-5-2-3-13-23(15)14-4-11-21-18(24)10-12-22-19(25)16-6-8-17(20)9-7-16/h6-9,15H,2-5,10-14H2,1H3,(H,21,24)(H,22,25)/t15-/m0/s1. The third kappa shape index (κ3) is 7.04. The number of likely N-dealkylation sites (tertiary alicyclic amines) is 1. The first kappa shape index (κ1) is 19.7. The number of halogens is 1. The van der Waals surface area contributed by atoms with Gasteiger partial charge in [0.2, 0.25) is 5.91 Å². The number of rotatable bonds is 8. The summed E-state index contributed by atoms with van der Waals surface area (Å²) in [6.45, 7) is 5.51. The van der Waals surface area contributed by atoms with E-state index in [2.05, 4.69) is 22.5 Å². The predicted octanol–water partition coefficient (Wildman–Crippen LogP) is 2.84. The molecule has 0 unspecified atom stereocenters. The van der Waals surface area contributed by atoms with Crippen molar-refractivity contribution in [2.45, 2.75) is 45.1 Å². The van der Waals surface area contributed by atoms with Crippen molar-refractivity contribution < 1.29 is 9.59 Å². The molecule has 0 spiro atoms. The summed E-state index contributed by atoms with van der Waals surface area (Å²) in [5.41, 5.74) is 0.542. The molecule has 0 aliphatic carbocycles. The number of hydrogen-bond acceptors (Lipinski definition) is 3. The summed E-state index contributed by atoms with van der Waals surface area (Å²) < 4.78 is 0. The van der Waals surface area contributed by atoms with Crippen LogP contribution in [0.4, 0.5) is 0 Å². The molecule has 0 bridgehead atoms. The van der Waals surface area contributed by atoms with Crippen LogP contribution in [0.5, 0.6) is 0 Å². The quantitative estimate of drug-likeness (QED) is 0.696. The van der Waals surface area contributed by atoms with Crippen LogP contribution in [0.15, 0.2) is 24.3 Å². The molecule has 1 saturated heterocycles. The van der Waals surface area contributed by atoms with Gasteiger partial charge in [0.05, 0.1) is 0 Å². The highest BCUT2D eigenvalue weighted by atomic mass is 35.5. The molecule has 0 radical (unpaired) electrons. The summed E-state index contributed by atoms with van der Waals surface area (Å²) in [5, 5.41) is 6.26. The van der Waals surface area contributed by atoms with Gasteiger partial charge in [-0.15, -0.1) is 0 Å². The average Bonchev–Trinajstić information content (AvgIpc) is 2.60. The third-order valence-corrected chi connectivity index (χ3v) is 4.88. The van der Waals surface area contributed by atoms with E-state index in [9.17, 15) is 9.59 Å². The number of piperidine rings is 1. The molecule has 1 aliphatic heterocycles. The number of carbonyl (C=O) groups is 2. The van der Waals surface area contributed by atoms with E-state index in [-0.39, 0.29) is 11.8 Å². The lowest BCUT2D eigenvalue weighted by molar-refractivity contribution is -0.120. The fourth-order valence-corrected chi connectivity index (χ4v) is 3.21. The van der Waals surface area contributed by atoms with E-state index in [4.69, 9.17) is 11.6 Å². The van der Waals surface area contributed by atoms with Gasteiger partial charge in [-0.3, -0.25) is 9.59 Å². The van der Waals surface area contributed by atoms with Gasteiger partial charge in [-0.25, -0.2) is 0 Å². The van der Waals surface area contributed by atoms with Crippen LogP contribution in [0, 0.1) is 0 Å². The van der Waals surface area contributed by atoms with Gasteiger partial charge in [0.25, 0.3) is 5.91 Å². The minimum absolute atomic E-state index is 0.0249. The van der Waals surface area contributed by atoms with Crippen LogP contribution >= 0.6 is 11.6 Å². The summed E-state index contributed by atoms with van der Waals surface area (Å²) in [4.78, 5) is 26.2. The molecule has 5 nitrogen and oxygen atoms in total. The van der Waals surface area contributed by atoms with Crippen LogP contribution in [-0.2, 0) is 4.79 Å². The van der Waals surface area contributed by atoms with Crippen molar-refractivity contribution >= 4 is 23.4 Å². The number of benzene rings is 1. The Labute approximate surface area is 155 Å². The van der Waals surface area contributed by atoms with Crippen LogP contribution in [-0.4, -0.2) is 48.9 Å². The van der Waals surface area contributed by atoms with Gasteiger partial charge in [0.15, 0.2) is 0 Å². The average molecular weight is 366 g/mol. The molecule has 25 heavy (non-hydrogen) atoms. The molecule has 0 saturated carbocycles. The van der Waals surface area contributed by atoms with Crippen molar-refractivity contribution in [1.29, 1.82) is 0 Å². The van der Waals surface area contributed by atoms with E-state index in [0.29, 0.717) is 36.1 Å². The zero-order chi connectivity index (χ0) is 18.1. The Hall–Kier alpha value is -1.59. The molecular formula is C19H28ClN3O2. The molecule has 1 aliphatic rings. The maximum absolute atomic E-state index is 11.9.